The van der Waals surface area contributed by atoms with Crippen LogP contribution in [0.3, 0.4) is 0 Å². The van der Waals surface area contributed by atoms with Crippen LogP contribution in [0.4, 0.5) is 0 Å². The maximum atomic E-state index is 13.0. The molecule has 2 heterocycles. The summed E-state index contributed by atoms with van der Waals surface area (Å²) in [5, 5.41) is 2.16. The van der Waals surface area contributed by atoms with Crippen LogP contribution in [-0.4, -0.2) is 52.4 Å². The minimum Gasteiger partial charge on any atom is -0.462 e. The van der Waals surface area contributed by atoms with Crippen LogP contribution in [0.2, 0.25) is 0 Å². The molecule has 0 fully saturated rings. The molecule has 1 aliphatic carbocycles. The molecule has 7 rings (SSSR count). The van der Waals surface area contributed by atoms with Gasteiger partial charge in [-0.05, 0) is 48.2 Å². The molecule has 8 nitrogen and oxygen atoms in total. The van der Waals surface area contributed by atoms with Gasteiger partial charge in [0.2, 0.25) is 0 Å². The van der Waals surface area contributed by atoms with Crippen LogP contribution >= 0.6 is 0 Å². The summed E-state index contributed by atoms with van der Waals surface area (Å²) in [6.45, 7) is 0.131. The second kappa shape index (κ2) is 9.85. The molecule has 0 N–H and O–H groups in total. The number of imide groups is 1. The van der Waals surface area contributed by atoms with Gasteiger partial charge in [-0.15, -0.1) is 0 Å². The lowest BCUT2D eigenvalue weighted by atomic mass is 9.94. The number of fused-ring (bicyclic) bond motifs is 2. The van der Waals surface area contributed by atoms with Crippen molar-refractivity contribution in [3.8, 4) is 0 Å². The largest absolute Gasteiger partial charge is 0.462 e. The number of aromatic nitrogens is 1. The number of nitrogens with zero attached hydrogens (tertiary/aromatic N) is 2. The Balaban J connectivity index is 1.01. The summed E-state index contributed by atoms with van der Waals surface area (Å²) in [7, 11) is 0. The second-order valence-corrected chi connectivity index (χ2v) is 10.3. The van der Waals surface area contributed by atoms with Crippen molar-refractivity contribution in [2.45, 2.75) is 12.3 Å². The Bertz CT molecular complexity index is 1930. The minimum atomic E-state index is -0.975. The quantitative estimate of drug-likeness (QED) is 0.120. The molecular weight excluding hydrogens is 532 g/mol. The predicted octanol–water partition coefficient (Wildman–Crippen LogP) is 5.39. The van der Waals surface area contributed by atoms with Gasteiger partial charge in [0.15, 0.2) is 11.6 Å². The van der Waals surface area contributed by atoms with E-state index >= 15 is 0 Å². The predicted molar refractivity (Wildman–Crippen MR) is 154 cm³/mol. The number of rotatable bonds is 6. The van der Waals surface area contributed by atoms with Gasteiger partial charge < -0.3 is 4.74 Å². The Kier molecular flexibility index (Phi) is 5.97. The first-order chi connectivity index (χ1) is 20.4. The zero-order valence-electron chi connectivity index (χ0n) is 22.2. The maximum absolute atomic E-state index is 13.0. The van der Waals surface area contributed by atoms with Crippen molar-refractivity contribution in [2.75, 3.05) is 13.2 Å². The van der Waals surface area contributed by atoms with E-state index in [0.717, 1.165) is 5.39 Å². The number of hydrogen-bond acceptors (Lipinski definition) is 7. The summed E-state index contributed by atoms with van der Waals surface area (Å²) in [4.78, 5) is 70.4. The summed E-state index contributed by atoms with van der Waals surface area (Å²) < 4.78 is 5.44. The maximum Gasteiger partial charge on any atom is 0.338 e. The molecule has 0 saturated carbocycles. The molecule has 0 unspecified atom stereocenters. The van der Waals surface area contributed by atoms with Gasteiger partial charge in [0.25, 0.3) is 11.8 Å². The van der Waals surface area contributed by atoms with Crippen molar-refractivity contribution >= 4 is 51.0 Å². The second-order valence-electron chi connectivity index (χ2n) is 10.3. The molecular formula is C34H22N2O6. The van der Waals surface area contributed by atoms with Crippen molar-refractivity contribution in [1.29, 1.82) is 0 Å². The van der Waals surface area contributed by atoms with E-state index in [4.69, 9.17) is 4.74 Å². The van der Waals surface area contributed by atoms with Gasteiger partial charge >= 0.3 is 5.97 Å². The van der Waals surface area contributed by atoms with Crippen LogP contribution in [0.15, 0.2) is 91.0 Å². The van der Waals surface area contributed by atoms with Crippen molar-refractivity contribution in [3.63, 3.8) is 0 Å². The molecule has 4 aromatic carbocycles. The Labute approximate surface area is 239 Å². The van der Waals surface area contributed by atoms with Crippen LogP contribution in [0.25, 0.3) is 21.7 Å². The fourth-order valence-electron chi connectivity index (χ4n) is 5.80. The third kappa shape index (κ3) is 3.99. The van der Waals surface area contributed by atoms with Crippen molar-refractivity contribution in [3.05, 3.63) is 125 Å². The molecule has 8 heteroatoms. The Morgan fingerprint density at radius 3 is 2.02 bits per heavy atom. The lowest BCUT2D eigenvalue weighted by Crippen LogP contribution is -2.41. The molecule has 0 saturated heterocycles. The summed E-state index contributed by atoms with van der Waals surface area (Å²) in [6.07, 6.45) is 0.283. The highest BCUT2D eigenvalue weighted by molar-refractivity contribution is 6.29. The van der Waals surface area contributed by atoms with Gasteiger partial charge in [0.05, 0.1) is 23.4 Å². The lowest BCUT2D eigenvalue weighted by Gasteiger charge is -2.27. The van der Waals surface area contributed by atoms with Gasteiger partial charge in [-0.2, -0.15) is 0 Å². The van der Waals surface area contributed by atoms with Crippen LogP contribution in [0, 0.1) is 0 Å². The van der Waals surface area contributed by atoms with E-state index in [1.54, 1.807) is 78.9 Å². The molecule has 2 aliphatic rings. The fraction of sp³-hybridized carbons (Fsp3) is 0.118. The number of carbonyl (C=O) groups is 5. The van der Waals surface area contributed by atoms with Gasteiger partial charge in [-0.3, -0.25) is 29.1 Å². The molecule has 0 atom stereocenters. The highest BCUT2D eigenvalue weighted by Crippen LogP contribution is 2.34. The fourth-order valence-corrected chi connectivity index (χ4v) is 5.80. The van der Waals surface area contributed by atoms with Crippen molar-refractivity contribution in [1.82, 2.24) is 9.88 Å². The number of hydrogen-bond donors (Lipinski definition) is 0. The molecule has 42 heavy (non-hydrogen) atoms. The average Bonchev–Trinajstić information content (AvgIpc) is 3.28. The number of Topliss-reactive ketones (excluding diaryl/α,β-unsaturated/α-hetero) is 2. The molecule has 204 valence electrons. The van der Waals surface area contributed by atoms with Gasteiger partial charge in [-0.25, -0.2) is 4.79 Å². The lowest BCUT2D eigenvalue weighted by molar-refractivity contribution is 0.0476. The Morgan fingerprint density at radius 1 is 0.714 bits per heavy atom. The summed E-state index contributed by atoms with van der Waals surface area (Å²) >= 11 is 0. The van der Waals surface area contributed by atoms with E-state index in [9.17, 15) is 24.0 Å². The zero-order chi connectivity index (χ0) is 29.0. The number of esters is 1. The van der Waals surface area contributed by atoms with Crippen LogP contribution in [-0.2, 0) is 4.74 Å². The topological polar surface area (TPSA) is 111 Å². The van der Waals surface area contributed by atoms with E-state index < -0.39 is 11.9 Å². The number of carbonyl (C=O) groups excluding carboxylic acids is 5. The van der Waals surface area contributed by atoms with E-state index in [-0.39, 0.29) is 43.0 Å². The molecule has 1 aromatic heterocycles. The SMILES string of the molecule is O=C(OCCCN1C(=O)c2cccc3cccc(c23)C1=O)c1ccc2nc(C3C(=O)c4ccccc4C3=O)ccc2c1. The molecule has 0 radical (unpaired) electrons. The van der Waals surface area contributed by atoms with Gasteiger partial charge in [0, 0.05) is 39.6 Å². The van der Waals surface area contributed by atoms with Crippen LogP contribution < -0.4 is 0 Å². The summed E-state index contributed by atoms with van der Waals surface area (Å²) in [5.74, 6) is -2.78. The van der Waals surface area contributed by atoms with E-state index in [1.165, 1.54) is 4.90 Å². The third-order valence-electron chi connectivity index (χ3n) is 7.84. The van der Waals surface area contributed by atoms with Crippen LogP contribution in [0.1, 0.15) is 69.8 Å². The first kappa shape index (κ1) is 25.5. The average molecular weight is 555 g/mol. The monoisotopic (exact) mass is 554 g/mol. The molecule has 1 aliphatic heterocycles. The Hall–Kier alpha value is -5.50. The highest BCUT2D eigenvalue weighted by atomic mass is 16.5. The van der Waals surface area contributed by atoms with E-state index in [1.807, 2.05) is 12.1 Å². The van der Waals surface area contributed by atoms with E-state index in [2.05, 4.69) is 4.98 Å². The smallest absolute Gasteiger partial charge is 0.338 e. The number of benzene rings is 4. The number of pyridine rings is 1. The van der Waals surface area contributed by atoms with Gasteiger partial charge in [0.1, 0.15) is 5.92 Å². The minimum absolute atomic E-state index is 0.0173. The van der Waals surface area contributed by atoms with Gasteiger partial charge in [-0.1, -0.05) is 54.6 Å². The number of amides is 2. The van der Waals surface area contributed by atoms with Crippen molar-refractivity contribution < 1.29 is 28.7 Å². The number of ether oxygens (including phenoxy) is 1. The van der Waals surface area contributed by atoms with Crippen molar-refractivity contribution in [2.24, 2.45) is 0 Å². The Morgan fingerprint density at radius 2 is 1.36 bits per heavy atom. The molecule has 0 bridgehead atoms. The summed E-state index contributed by atoms with van der Waals surface area (Å²) in [5.41, 5.74) is 3.00. The normalized spacial score (nSPS) is 14.6. The van der Waals surface area contributed by atoms with Crippen LogP contribution in [0.5, 0.6) is 0 Å². The first-order valence-electron chi connectivity index (χ1n) is 13.6. The highest BCUT2D eigenvalue weighted by Gasteiger charge is 2.40. The standard InChI is InChI=1S/C34H22N2O6/c37-30-22-8-1-2-9-23(22)31(38)29(30)27-15-12-20-18-21(13-14-26(20)35-27)34(41)42-17-5-16-36-32(39)24-10-3-6-19-7-4-11-25(28(19)24)33(36)40/h1-4,6-15,18,29H,5,16-17H2. The first-order valence-corrected chi connectivity index (χ1v) is 13.6. The third-order valence-corrected chi connectivity index (χ3v) is 7.84. The van der Waals surface area contributed by atoms with E-state index in [0.29, 0.717) is 49.8 Å². The molecule has 5 aromatic rings. The molecule has 0 spiro atoms. The zero-order valence-corrected chi connectivity index (χ0v) is 22.2. The molecule has 2 amide bonds. The number of ketones is 2. The summed E-state index contributed by atoms with van der Waals surface area (Å²) in [6, 6.07) is 25.7.